The monoisotopic (exact) mass is 261 g/mol. The van der Waals surface area contributed by atoms with Crippen LogP contribution in [0.3, 0.4) is 0 Å². The van der Waals surface area contributed by atoms with E-state index >= 15 is 0 Å². The van der Waals surface area contributed by atoms with E-state index in [0.717, 1.165) is 26.2 Å². The zero-order valence-corrected chi connectivity index (χ0v) is 12.5. The third-order valence-corrected chi connectivity index (χ3v) is 4.38. The molecule has 19 heavy (non-hydrogen) atoms. The van der Waals surface area contributed by atoms with Gasteiger partial charge in [-0.25, -0.2) is 0 Å². The maximum absolute atomic E-state index is 5.98. The predicted molar refractivity (Wildman–Crippen MR) is 81.1 cm³/mol. The Kier molecular flexibility index (Phi) is 4.97. The van der Waals surface area contributed by atoms with Crippen molar-refractivity contribution in [3.63, 3.8) is 0 Å². The number of nitrogens with zero attached hydrogens (tertiary/aromatic N) is 2. The van der Waals surface area contributed by atoms with Gasteiger partial charge in [0.1, 0.15) is 0 Å². The lowest BCUT2D eigenvalue weighted by molar-refractivity contribution is 0.180. The molecular weight excluding hydrogens is 234 g/mol. The summed E-state index contributed by atoms with van der Waals surface area (Å²) in [6.07, 6.45) is 1.22. The summed E-state index contributed by atoms with van der Waals surface area (Å²) < 4.78 is 0. The first-order valence-corrected chi connectivity index (χ1v) is 7.30. The van der Waals surface area contributed by atoms with Crippen LogP contribution in [0.5, 0.6) is 0 Å². The van der Waals surface area contributed by atoms with E-state index in [1.807, 2.05) is 0 Å². The highest BCUT2D eigenvalue weighted by molar-refractivity contribution is 5.21. The molecule has 0 spiro atoms. The van der Waals surface area contributed by atoms with Gasteiger partial charge in [-0.05, 0) is 32.9 Å². The van der Waals surface area contributed by atoms with Crippen molar-refractivity contribution in [2.75, 3.05) is 26.7 Å². The zero-order valence-electron chi connectivity index (χ0n) is 12.5. The van der Waals surface area contributed by atoms with Gasteiger partial charge in [-0.3, -0.25) is 4.90 Å². The topological polar surface area (TPSA) is 32.5 Å². The van der Waals surface area contributed by atoms with Crippen LogP contribution in [0.1, 0.15) is 24.5 Å². The van der Waals surface area contributed by atoms with Crippen LogP contribution < -0.4 is 5.73 Å². The van der Waals surface area contributed by atoms with E-state index < -0.39 is 0 Å². The van der Waals surface area contributed by atoms with E-state index in [4.69, 9.17) is 5.73 Å². The Labute approximate surface area is 117 Å². The van der Waals surface area contributed by atoms with Crippen LogP contribution in [0.2, 0.25) is 0 Å². The molecule has 1 aliphatic rings. The molecule has 0 saturated carbocycles. The number of benzene rings is 1. The lowest BCUT2D eigenvalue weighted by Gasteiger charge is -2.30. The molecule has 1 aromatic rings. The van der Waals surface area contributed by atoms with Gasteiger partial charge in [-0.2, -0.15) is 0 Å². The summed E-state index contributed by atoms with van der Waals surface area (Å²) >= 11 is 0. The molecule has 3 heteroatoms. The third-order valence-electron chi connectivity index (χ3n) is 4.38. The van der Waals surface area contributed by atoms with Gasteiger partial charge in [0.25, 0.3) is 0 Å². The zero-order chi connectivity index (χ0) is 13.8. The van der Waals surface area contributed by atoms with Crippen molar-refractivity contribution in [1.29, 1.82) is 0 Å². The van der Waals surface area contributed by atoms with Gasteiger partial charge in [0.2, 0.25) is 0 Å². The second-order valence-corrected chi connectivity index (χ2v) is 5.92. The summed E-state index contributed by atoms with van der Waals surface area (Å²) in [7, 11) is 2.21. The SMILES string of the molecule is Cc1ccc(CN2CCC(C)N(C)CC2CN)cc1. The fourth-order valence-electron chi connectivity index (χ4n) is 2.74. The fourth-order valence-corrected chi connectivity index (χ4v) is 2.74. The van der Waals surface area contributed by atoms with E-state index in [-0.39, 0.29) is 0 Å². The minimum atomic E-state index is 0.469. The van der Waals surface area contributed by atoms with E-state index in [9.17, 15) is 0 Å². The molecule has 1 aromatic carbocycles. The molecule has 106 valence electrons. The van der Waals surface area contributed by atoms with Crippen LogP contribution >= 0.6 is 0 Å². The van der Waals surface area contributed by atoms with Crippen molar-refractivity contribution < 1.29 is 0 Å². The van der Waals surface area contributed by atoms with E-state index in [0.29, 0.717) is 12.1 Å². The first-order chi connectivity index (χ1) is 9.10. The van der Waals surface area contributed by atoms with Gasteiger partial charge in [-0.15, -0.1) is 0 Å². The van der Waals surface area contributed by atoms with Crippen LogP contribution in [0, 0.1) is 6.92 Å². The molecule has 0 amide bonds. The second kappa shape index (κ2) is 6.51. The third kappa shape index (κ3) is 3.78. The summed E-state index contributed by atoms with van der Waals surface area (Å²) in [5, 5.41) is 0. The van der Waals surface area contributed by atoms with E-state index in [1.54, 1.807) is 0 Å². The standard InChI is InChI=1S/C16H27N3/c1-13-4-6-15(7-5-13)11-19-9-8-14(2)18(3)12-16(19)10-17/h4-7,14,16H,8-12,17H2,1-3H3. The Hall–Kier alpha value is -0.900. The smallest absolute Gasteiger partial charge is 0.0349 e. The molecule has 1 saturated heterocycles. The van der Waals surface area contributed by atoms with Crippen molar-refractivity contribution in [2.24, 2.45) is 5.73 Å². The molecule has 0 radical (unpaired) electrons. The van der Waals surface area contributed by atoms with Crippen molar-refractivity contribution in [3.8, 4) is 0 Å². The average Bonchev–Trinajstić information content (AvgIpc) is 2.54. The molecule has 2 atom stereocenters. The summed E-state index contributed by atoms with van der Waals surface area (Å²) in [4.78, 5) is 4.98. The van der Waals surface area contributed by atoms with E-state index in [1.165, 1.54) is 17.5 Å². The van der Waals surface area contributed by atoms with Crippen LogP contribution in [0.15, 0.2) is 24.3 Å². The molecule has 1 heterocycles. The Morgan fingerprint density at radius 1 is 1.26 bits per heavy atom. The summed E-state index contributed by atoms with van der Waals surface area (Å²) in [5.74, 6) is 0. The maximum Gasteiger partial charge on any atom is 0.0349 e. The molecule has 3 nitrogen and oxygen atoms in total. The Morgan fingerprint density at radius 2 is 1.95 bits per heavy atom. The first kappa shape index (κ1) is 14.5. The van der Waals surface area contributed by atoms with Gasteiger partial charge in [-0.1, -0.05) is 29.8 Å². The van der Waals surface area contributed by atoms with Crippen molar-refractivity contribution in [2.45, 2.75) is 38.9 Å². The molecule has 0 aliphatic carbocycles. The summed E-state index contributed by atoms with van der Waals surface area (Å²) in [5.41, 5.74) is 8.69. The fraction of sp³-hybridized carbons (Fsp3) is 0.625. The second-order valence-electron chi connectivity index (χ2n) is 5.92. The number of hydrogen-bond donors (Lipinski definition) is 1. The van der Waals surface area contributed by atoms with Gasteiger partial charge < -0.3 is 10.6 Å². The van der Waals surface area contributed by atoms with Crippen molar-refractivity contribution in [3.05, 3.63) is 35.4 Å². The molecule has 0 bridgehead atoms. The summed E-state index contributed by atoms with van der Waals surface area (Å²) in [6.45, 7) is 8.41. The van der Waals surface area contributed by atoms with Crippen LogP contribution in [-0.2, 0) is 6.54 Å². The molecule has 1 fully saturated rings. The normalized spacial score (nSPS) is 26.3. The highest BCUT2D eigenvalue weighted by atomic mass is 15.2. The number of nitrogens with two attached hydrogens (primary N) is 1. The molecule has 2 rings (SSSR count). The molecular formula is C16H27N3. The molecule has 2 N–H and O–H groups in total. The van der Waals surface area contributed by atoms with Crippen LogP contribution in [0.4, 0.5) is 0 Å². The van der Waals surface area contributed by atoms with E-state index in [2.05, 4.69) is 55.0 Å². The minimum absolute atomic E-state index is 0.469. The van der Waals surface area contributed by atoms with Gasteiger partial charge in [0.15, 0.2) is 0 Å². The highest BCUT2D eigenvalue weighted by Gasteiger charge is 2.25. The summed E-state index contributed by atoms with van der Waals surface area (Å²) in [6, 6.07) is 9.98. The largest absolute Gasteiger partial charge is 0.329 e. The number of rotatable bonds is 3. The first-order valence-electron chi connectivity index (χ1n) is 7.30. The lowest BCUT2D eigenvalue weighted by atomic mass is 10.1. The average molecular weight is 261 g/mol. The number of likely N-dealkylation sites (N-methyl/N-ethyl adjacent to an activating group) is 1. The number of hydrogen-bond acceptors (Lipinski definition) is 3. The minimum Gasteiger partial charge on any atom is -0.329 e. The molecule has 2 unspecified atom stereocenters. The Balaban J connectivity index is 2.06. The Morgan fingerprint density at radius 3 is 2.58 bits per heavy atom. The molecule has 1 aliphatic heterocycles. The van der Waals surface area contributed by atoms with Crippen LogP contribution in [-0.4, -0.2) is 48.6 Å². The molecule has 0 aromatic heterocycles. The Bertz CT molecular complexity index is 387. The quantitative estimate of drug-likeness (QED) is 0.901. The van der Waals surface area contributed by atoms with Gasteiger partial charge in [0, 0.05) is 38.3 Å². The number of aryl methyl sites for hydroxylation is 1. The van der Waals surface area contributed by atoms with Gasteiger partial charge in [0.05, 0.1) is 0 Å². The maximum atomic E-state index is 5.98. The van der Waals surface area contributed by atoms with Crippen LogP contribution in [0.25, 0.3) is 0 Å². The van der Waals surface area contributed by atoms with Crippen molar-refractivity contribution >= 4 is 0 Å². The van der Waals surface area contributed by atoms with Crippen molar-refractivity contribution in [1.82, 2.24) is 9.80 Å². The van der Waals surface area contributed by atoms with Gasteiger partial charge >= 0.3 is 0 Å². The lowest BCUT2D eigenvalue weighted by Crippen LogP contribution is -2.45. The predicted octanol–water partition coefficient (Wildman–Crippen LogP) is 1.85. The highest BCUT2D eigenvalue weighted by Crippen LogP contribution is 2.16.